The van der Waals surface area contributed by atoms with Gasteiger partial charge in [-0.15, -0.1) is 21.5 Å². The van der Waals surface area contributed by atoms with Crippen molar-refractivity contribution in [3.63, 3.8) is 0 Å². The minimum atomic E-state index is -2.82. The van der Waals surface area contributed by atoms with Crippen LogP contribution >= 0.6 is 11.3 Å². The average Bonchev–Trinajstić information content (AvgIpc) is 3.28. The summed E-state index contributed by atoms with van der Waals surface area (Å²) in [5, 5.41) is 7.55. The minimum Gasteiger partial charge on any atom is -0.414 e. The van der Waals surface area contributed by atoms with Crippen molar-refractivity contribution in [3.8, 4) is 10.8 Å². The third-order valence-corrected chi connectivity index (χ3v) is 5.09. The molecule has 3 aromatic rings. The van der Waals surface area contributed by atoms with Crippen LogP contribution in [0.1, 0.15) is 42.1 Å². The van der Waals surface area contributed by atoms with Gasteiger partial charge in [-0.25, -0.2) is 4.98 Å². The van der Waals surface area contributed by atoms with Crippen LogP contribution < -0.4 is 4.90 Å². The number of halogens is 2. The number of carbonyl (C=O) groups is 1. The predicted molar refractivity (Wildman–Crippen MR) is 88.8 cm³/mol. The molecule has 7 nitrogen and oxygen atoms in total. The molecule has 0 aliphatic carbocycles. The maximum absolute atomic E-state index is 12.6. The molecule has 0 aromatic carbocycles. The third-order valence-electron chi connectivity index (χ3n) is 4.12. The van der Waals surface area contributed by atoms with Gasteiger partial charge in [0.25, 0.3) is 11.8 Å². The summed E-state index contributed by atoms with van der Waals surface area (Å²) in [7, 11) is 0. The van der Waals surface area contributed by atoms with Crippen molar-refractivity contribution >= 4 is 22.9 Å². The fourth-order valence-electron chi connectivity index (χ4n) is 2.87. The minimum absolute atomic E-state index is 0.00692. The Labute approximate surface area is 150 Å². The molecule has 3 aromatic heterocycles. The van der Waals surface area contributed by atoms with E-state index in [9.17, 15) is 13.6 Å². The van der Waals surface area contributed by atoms with Crippen molar-refractivity contribution in [1.82, 2.24) is 20.2 Å². The van der Waals surface area contributed by atoms with Crippen molar-refractivity contribution in [2.75, 3.05) is 4.90 Å². The molecule has 0 saturated heterocycles. The van der Waals surface area contributed by atoms with Crippen molar-refractivity contribution in [3.05, 3.63) is 41.1 Å². The SMILES string of the molecule is C[C@@H]1CC(=O)N(Cc2ncc(-c3nnc(C(F)F)o3)s2)c2cnccc21. The number of fused-ring (bicyclic) bond motifs is 1. The highest BCUT2D eigenvalue weighted by atomic mass is 32.1. The summed E-state index contributed by atoms with van der Waals surface area (Å²) < 4.78 is 30.1. The van der Waals surface area contributed by atoms with E-state index in [0.717, 1.165) is 11.3 Å². The number of nitrogens with zero attached hydrogens (tertiary/aromatic N) is 5. The van der Waals surface area contributed by atoms with Crippen LogP contribution in [0.25, 0.3) is 10.8 Å². The number of thiazole rings is 1. The topological polar surface area (TPSA) is 85.0 Å². The maximum atomic E-state index is 12.6. The average molecular weight is 377 g/mol. The Kier molecular flexibility index (Phi) is 4.19. The van der Waals surface area contributed by atoms with E-state index in [1.165, 1.54) is 17.5 Å². The van der Waals surface area contributed by atoms with E-state index in [-0.39, 0.29) is 24.3 Å². The van der Waals surface area contributed by atoms with Crippen LogP contribution in [0.2, 0.25) is 0 Å². The summed E-state index contributed by atoms with van der Waals surface area (Å²) in [6, 6.07) is 1.91. The first kappa shape index (κ1) is 16.7. The van der Waals surface area contributed by atoms with Crippen LogP contribution in [0.3, 0.4) is 0 Å². The van der Waals surface area contributed by atoms with E-state index in [2.05, 4.69) is 20.2 Å². The lowest BCUT2D eigenvalue weighted by Gasteiger charge is -2.31. The molecule has 0 spiro atoms. The second kappa shape index (κ2) is 6.52. The number of pyridine rings is 1. The lowest BCUT2D eigenvalue weighted by Crippen LogP contribution is -2.35. The molecule has 26 heavy (non-hydrogen) atoms. The molecule has 0 saturated carbocycles. The summed E-state index contributed by atoms with van der Waals surface area (Å²) in [6.07, 6.45) is 2.45. The normalized spacial score (nSPS) is 17.0. The molecule has 134 valence electrons. The fraction of sp³-hybridized carbons (Fsp3) is 0.312. The Bertz CT molecular complexity index is 958. The van der Waals surface area contributed by atoms with E-state index in [1.807, 2.05) is 13.0 Å². The molecule has 0 N–H and O–H groups in total. The maximum Gasteiger partial charge on any atom is 0.314 e. The second-order valence-corrected chi connectivity index (χ2v) is 7.00. The van der Waals surface area contributed by atoms with Gasteiger partial charge in [0.1, 0.15) is 9.88 Å². The van der Waals surface area contributed by atoms with Gasteiger partial charge in [-0.1, -0.05) is 6.92 Å². The second-order valence-electron chi connectivity index (χ2n) is 5.88. The van der Waals surface area contributed by atoms with Crippen molar-refractivity contribution in [1.29, 1.82) is 0 Å². The molecule has 1 amide bonds. The smallest absolute Gasteiger partial charge is 0.314 e. The number of amides is 1. The van der Waals surface area contributed by atoms with Gasteiger partial charge < -0.3 is 9.32 Å². The molecule has 1 aliphatic rings. The van der Waals surface area contributed by atoms with Gasteiger partial charge in [-0.2, -0.15) is 8.78 Å². The van der Waals surface area contributed by atoms with Crippen LogP contribution in [0.15, 0.2) is 29.1 Å². The predicted octanol–water partition coefficient (Wildman–Crippen LogP) is 3.57. The first-order valence-electron chi connectivity index (χ1n) is 7.84. The Morgan fingerprint density at radius 3 is 3.00 bits per heavy atom. The van der Waals surface area contributed by atoms with Gasteiger partial charge in [0.05, 0.1) is 24.6 Å². The summed E-state index contributed by atoms with van der Waals surface area (Å²) >= 11 is 1.22. The molecular formula is C16H13F2N5O2S. The first-order valence-corrected chi connectivity index (χ1v) is 8.65. The van der Waals surface area contributed by atoms with Gasteiger partial charge in [0.2, 0.25) is 5.91 Å². The molecule has 0 bridgehead atoms. The molecule has 0 unspecified atom stereocenters. The molecule has 4 heterocycles. The molecule has 0 radical (unpaired) electrons. The van der Waals surface area contributed by atoms with E-state index in [0.29, 0.717) is 16.3 Å². The molecule has 0 fully saturated rings. The van der Waals surface area contributed by atoms with Gasteiger partial charge in [-0.05, 0) is 17.5 Å². The zero-order valence-electron chi connectivity index (χ0n) is 13.6. The standard InChI is InChI=1S/C16H13F2N5O2S/c1-8-4-13(24)23(10-5-19-3-2-9(8)10)7-12-20-6-11(26-12)15-21-22-16(25-15)14(17)18/h2-3,5-6,8,14H,4,7H2,1H3/t8-/m1/s1. The van der Waals surface area contributed by atoms with Crippen molar-refractivity contribution in [2.24, 2.45) is 0 Å². The van der Waals surface area contributed by atoms with E-state index >= 15 is 0 Å². The largest absolute Gasteiger partial charge is 0.414 e. The lowest BCUT2D eigenvalue weighted by molar-refractivity contribution is -0.119. The molecule has 1 aliphatic heterocycles. The molecule has 10 heteroatoms. The van der Waals surface area contributed by atoms with Crippen LogP contribution in [0, 0.1) is 0 Å². The summed E-state index contributed by atoms with van der Waals surface area (Å²) in [4.78, 5) is 23.0. The lowest BCUT2D eigenvalue weighted by atomic mass is 9.92. The number of rotatable bonds is 4. The summed E-state index contributed by atoms with van der Waals surface area (Å²) in [5.74, 6) is -0.609. The third kappa shape index (κ3) is 2.96. The number of alkyl halides is 2. The highest BCUT2D eigenvalue weighted by Gasteiger charge is 2.30. The van der Waals surface area contributed by atoms with Crippen LogP contribution in [0.4, 0.5) is 14.5 Å². The van der Waals surface area contributed by atoms with Gasteiger partial charge in [-0.3, -0.25) is 9.78 Å². The Hall–Kier alpha value is -2.75. The van der Waals surface area contributed by atoms with E-state index in [1.54, 1.807) is 17.3 Å². The zero-order chi connectivity index (χ0) is 18.3. The number of anilines is 1. The number of carbonyl (C=O) groups excluding carboxylic acids is 1. The fourth-order valence-corrected chi connectivity index (χ4v) is 3.70. The van der Waals surface area contributed by atoms with Gasteiger partial charge in [0.15, 0.2) is 0 Å². The number of aromatic nitrogens is 4. The van der Waals surface area contributed by atoms with Crippen molar-refractivity contribution < 1.29 is 18.0 Å². The van der Waals surface area contributed by atoms with E-state index in [4.69, 9.17) is 4.42 Å². The van der Waals surface area contributed by atoms with Gasteiger partial charge in [0, 0.05) is 12.6 Å². The summed E-state index contributed by atoms with van der Waals surface area (Å²) in [6.45, 7) is 2.27. The van der Waals surface area contributed by atoms with Gasteiger partial charge >= 0.3 is 6.43 Å². The zero-order valence-corrected chi connectivity index (χ0v) is 14.4. The monoisotopic (exact) mass is 377 g/mol. The van der Waals surface area contributed by atoms with E-state index < -0.39 is 12.3 Å². The highest BCUT2D eigenvalue weighted by Crippen LogP contribution is 2.36. The Morgan fingerprint density at radius 1 is 1.38 bits per heavy atom. The van der Waals surface area contributed by atoms with Crippen LogP contribution in [0.5, 0.6) is 0 Å². The van der Waals surface area contributed by atoms with Crippen LogP contribution in [-0.2, 0) is 11.3 Å². The summed E-state index contributed by atoms with van der Waals surface area (Å²) in [5.41, 5.74) is 1.83. The Morgan fingerprint density at radius 2 is 2.23 bits per heavy atom. The highest BCUT2D eigenvalue weighted by molar-refractivity contribution is 7.15. The van der Waals surface area contributed by atoms with Crippen molar-refractivity contribution in [2.45, 2.75) is 32.2 Å². The first-order chi connectivity index (χ1) is 12.5. The molecule has 4 rings (SSSR count). The molecular weight excluding hydrogens is 364 g/mol. The Balaban J connectivity index is 1.59. The number of hydrogen-bond donors (Lipinski definition) is 0. The quantitative estimate of drug-likeness (QED) is 0.691. The molecule has 1 atom stereocenters. The number of hydrogen-bond acceptors (Lipinski definition) is 7. The van der Waals surface area contributed by atoms with Crippen LogP contribution in [-0.4, -0.2) is 26.1 Å².